The number of hydrogen-bond donors (Lipinski definition) is 1. The first-order chi connectivity index (χ1) is 5.75. The van der Waals surface area contributed by atoms with Crippen molar-refractivity contribution in [1.29, 1.82) is 0 Å². The van der Waals surface area contributed by atoms with E-state index in [-0.39, 0.29) is 10.8 Å². The molecular weight excluding hydrogens is 182 g/mol. The first kappa shape index (κ1) is 9.09. The maximum Gasteiger partial charge on any atom is 0.279 e. The zero-order chi connectivity index (χ0) is 8.97. The molecule has 66 valence electrons. The molecule has 0 unspecified atom stereocenters. The first-order valence-corrected chi connectivity index (χ1v) is 3.78. The number of halogens is 1. The van der Waals surface area contributed by atoms with E-state index in [2.05, 4.69) is 10.3 Å². The summed E-state index contributed by atoms with van der Waals surface area (Å²) in [5.41, 5.74) is 2.46. The van der Waals surface area contributed by atoms with Gasteiger partial charge in [0.2, 0.25) is 5.22 Å². The number of furan rings is 1. The van der Waals surface area contributed by atoms with Crippen molar-refractivity contribution < 1.29 is 14.0 Å². The third-order valence-electron chi connectivity index (χ3n) is 1.17. The van der Waals surface area contributed by atoms with Crippen molar-refractivity contribution in [3.63, 3.8) is 0 Å². The highest BCUT2D eigenvalue weighted by Crippen LogP contribution is 2.15. The fourth-order valence-electron chi connectivity index (χ4n) is 0.648. The summed E-state index contributed by atoms with van der Waals surface area (Å²) in [5, 5.41) is 0.0622. The van der Waals surface area contributed by atoms with Crippen LogP contribution in [0, 0.1) is 0 Å². The van der Waals surface area contributed by atoms with Gasteiger partial charge in [-0.05, 0) is 24.6 Å². The fourth-order valence-corrected chi connectivity index (χ4v) is 0.849. The molecule has 0 atom stereocenters. The third-order valence-corrected chi connectivity index (χ3v) is 1.46. The van der Waals surface area contributed by atoms with Gasteiger partial charge in [-0.1, -0.05) is 0 Å². The van der Waals surface area contributed by atoms with E-state index >= 15 is 0 Å². The SMILES string of the molecule is CCONC(=O)c1ccoc1Cl. The highest BCUT2D eigenvalue weighted by atomic mass is 35.5. The molecule has 0 saturated carbocycles. The van der Waals surface area contributed by atoms with Gasteiger partial charge in [0.05, 0.1) is 18.4 Å². The molecule has 0 aliphatic heterocycles. The molecule has 1 aromatic heterocycles. The van der Waals surface area contributed by atoms with Gasteiger partial charge < -0.3 is 4.42 Å². The van der Waals surface area contributed by atoms with Gasteiger partial charge in [-0.15, -0.1) is 0 Å². The van der Waals surface area contributed by atoms with Crippen LogP contribution in [0.4, 0.5) is 0 Å². The molecule has 1 N–H and O–H groups in total. The second-order valence-corrected chi connectivity index (χ2v) is 2.32. The number of carbonyl (C=O) groups is 1. The van der Waals surface area contributed by atoms with Crippen molar-refractivity contribution in [2.45, 2.75) is 6.92 Å². The van der Waals surface area contributed by atoms with E-state index in [1.807, 2.05) is 0 Å². The molecule has 0 aliphatic carbocycles. The molecule has 0 saturated heterocycles. The zero-order valence-corrected chi connectivity index (χ0v) is 7.22. The second kappa shape index (κ2) is 4.13. The lowest BCUT2D eigenvalue weighted by atomic mass is 10.3. The van der Waals surface area contributed by atoms with Gasteiger partial charge in [0.15, 0.2) is 0 Å². The largest absolute Gasteiger partial charge is 0.452 e. The summed E-state index contributed by atoms with van der Waals surface area (Å²) in [6, 6.07) is 1.47. The van der Waals surface area contributed by atoms with E-state index in [1.165, 1.54) is 12.3 Å². The lowest BCUT2D eigenvalue weighted by Crippen LogP contribution is -2.23. The Balaban J connectivity index is 2.59. The summed E-state index contributed by atoms with van der Waals surface area (Å²) in [4.78, 5) is 15.8. The minimum absolute atomic E-state index is 0.0622. The van der Waals surface area contributed by atoms with Gasteiger partial charge in [0, 0.05) is 0 Å². The molecule has 0 fully saturated rings. The average Bonchev–Trinajstić information content (AvgIpc) is 2.47. The smallest absolute Gasteiger partial charge is 0.279 e. The maximum atomic E-state index is 11.1. The summed E-state index contributed by atoms with van der Waals surface area (Å²) >= 11 is 5.53. The van der Waals surface area contributed by atoms with E-state index in [4.69, 9.17) is 16.0 Å². The molecular formula is C7H8ClNO3. The van der Waals surface area contributed by atoms with Crippen LogP contribution in [0.5, 0.6) is 0 Å². The number of rotatable bonds is 3. The van der Waals surface area contributed by atoms with Crippen molar-refractivity contribution in [2.24, 2.45) is 0 Å². The molecule has 1 aromatic rings. The Morgan fingerprint density at radius 3 is 3.08 bits per heavy atom. The standard InChI is InChI=1S/C7H8ClNO3/c1-2-12-9-7(10)5-3-4-11-6(5)8/h3-4H,2H2,1H3,(H,9,10). The summed E-state index contributed by atoms with van der Waals surface area (Å²) < 4.78 is 4.71. The maximum absolute atomic E-state index is 11.1. The van der Waals surface area contributed by atoms with E-state index < -0.39 is 5.91 Å². The van der Waals surface area contributed by atoms with Gasteiger partial charge in [0.25, 0.3) is 5.91 Å². The summed E-state index contributed by atoms with van der Waals surface area (Å²) in [5.74, 6) is -0.407. The van der Waals surface area contributed by atoms with Gasteiger partial charge in [-0.2, -0.15) is 0 Å². The number of hydroxylamine groups is 1. The molecule has 1 heterocycles. The highest BCUT2D eigenvalue weighted by Gasteiger charge is 2.11. The number of carbonyl (C=O) groups excluding carboxylic acids is 1. The Bertz CT molecular complexity index is 271. The van der Waals surface area contributed by atoms with Crippen LogP contribution < -0.4 is 5.48 Å². The molecule has 1 rings (SSSR count). The van der Waals surface area contributed by atoms with Crippen molar-refractivity contribution in [3.8, 4) is 0 Å². The molecule has 12 heavy (non-hydrogen) atoms. The predicted octanol–water partition coefficient (Wildman–Crippen LogP) is 1.61. The molecule has 4 nitrogen and oxygen atoms in total. The lowest BCUT2D eigenvalue weighted by Gasteiger charge is -2.00. The molecule has 1 amide bonds. The number of hydrogen-bond acceptors (Lipinski definition) is 3. The Morgan fingerprint density at radius 1 is 1.83 bits per heavy atom. The quantitative estimate of drug-likeness (QED) is 0.735. The van der Waals surface area contributed by atoms with Crippen LogP contribution >= 0.6 is 11.6 Å². The monoisotopic (exact) mass is 189 g/mol. The molecule has 0 bridgehead atoms. The van der Waals surface area contributed by atoms with Crippen molar-refractivity contribution in [3.05, 3.63) is 23.1 Å². The highest BCUT2D eigenvalue weighted by molar-refractivity contribution is 6.32. The van der Waals surface area contributed by atoms with Crippen LogP contribution in [0.2, 0.25) is 5.22 Å². The predicted molar refractivity (Wildman–Crippen MR) is 42.8 cm³/mol. The molecule has 0 radical (unpaired) electrons. The molecule has 5 heteroatoms. The first-order valence-electron chi connectivity index (χ1n) is 3.40. The zero-order valence-electron chi connectivity index (χ0n) is 6.46. The molecule has 0 aliphatic rings. The van der Waals surface area contributed by atoms with E-state index in [0.29, 0.717) is 6.61 Å². The normalized spacial score (nSPS) is 9.83. The van der Waals surface area contributed by atoms with Gasteiger partial charge in [-0.3, -0.25) is 9.63 Å². The Labute approximate surface area is 74.4 Å². The van der Waals surface area contributed by atoms with Crippen LogP contribution in [-0.4, -0.2) is 12.5 Å². The van der Waals surface area contributed by atoms with Crippen molar-refractivity contribution in [2.75, 3.05) is 6.61 Å². The van der Waals surface area contributed by atoms with Crippen molar-refractivity contribution >= 4 is 17.5 Å². The second-order valence-electron chi connectivity index (χ2n) is 1.97. The van der Waals surface area contributed by atoms with E-state index in [1.54, 1.807) is 6.92 Å². The fraction of sp³-hybridized carbons (Fsp3) is 0.286. The van der Waals surface area contributed by atoms with Crippen LogP contribution in [0.25, 0.3) is 0 Å². The average molecular weight is 190 g/mol. The number of amides is 1. The van der Waals surface area contributed by atoms with Crippen LogP contribution in [0.1, 0.15) is 17.3 Å². The lowest BCUT2D eigenvalue weighted by molar-refractivity contribution is 0.0364. The molecule has 0 aromatic carbocycles. The summed E-state index contributed by atoms with van der Waals surface area (Å²) in [6.45, 7) is 2.17. The van der Waals surface area contributed by atoms with Crippen LogP contribution in [-0.2, 0) is 4.84 Å². The Kier molecular flexibility index (Phi) is 3.13. The van der Waals surface area contributed by atoms with Crippen LogP contribution in [0.3, 0.4) is 0 Å². The third kappa shape index (κ3) is 1.99. The topological polar surface area (TPSA) is 51.5 Å². The Morgan fingerprint density at radius 2 is 2.58 bits per heavy atom. The molecule has 0 spiro atoms. The Hall–Kier alpha value is -1.00. The minimum Gasteiger partial charge on any atom is -0.452 e. The van der Waals surface area contributed by atoms with Crippen molar-refractivity contribution in [1.82, 2.24) is 5.48 Å². The summed E-state index contributed by atoms with van der Waals surface area (Å²) in [6.07, 6.45) is 1.34. The minimum atomic E-state index is -0.407. The van der Waals surface area contributed by atoms with E-state index in [9.17, 15) is 4.79 Å². The van der Waals surface area contributed by atoms with Gasteiger partial charge in [-0.25, -0.2) is 5.48 Å². The van der Waals surface area contributed by atoms with E-state index in [0.717, 1.165) is 0 Å². The van der Waals surface area contributed by atoms with Gasteiger partial charge >= 0.3 is 0 Å². The van der Waals surface area contributed by atoms with Crippen LogP contribution in [0.15, 0.2) is 16.7 Å². The summed E-state index contributed by atoms with van der Waals surface area (Å²) in [7, 11) is 0. The van der Waals surface area contributed by atoms with Gasteiger partial charge in [0.1, 0.15) is 0 Å². The number of nitrogens with one attached hydrogen (secondary N) is 1.